The second-order valence-electron chi connectivity index (χ2n) is 3.98. The van der Waals surface area contributed by atoms with E-state index in [1.165, 1.54) is 22.7 Å². The highest BCUT2D eigenvalue weighted by molar-refractivity contribution is 7.23. The number of fused-ring (bicyclic) bond motifs is 3. The van der Waals surface area contributed by atoms with Gasteiger partial charge in [-0.25, -0.2) is 4.98 Å². The second-order valence-corrected chi connectivity index (χ2v) is 6.00. The number of hydrogen-bond acceptors (Lipinski definition) is 7. The highest BCUT2D eigenvalue weighted by Gasteiger charge is 2.13. The van der Waals surface area contributed by atoms with Crippen LogP contribution in [0.2, 0.25) is 0 Å². The molecular formula is C11H7N5OS2. The van der Waals surface area contributed by atoms with Crippen molar-refractivity contribution >= 4 is 43.0 Å². The molecule has 0 unspecified atom stereocenters. The van der Waals surface area contributed by atoms with Crippen molar-refractivity contribution in [3.8, 4) is 16.5 Å². The maximum atomic E-state index is 9.47. The number of imidazole rings is 1. The van der Waals surface area contributed by atoms with Gasteiger partial charge in [0.25, 0.3) is 0 Å². The van der Waals surface area contributed by atoms with E-state index >= 15 is 0 Å². The van der Waals surface area contributed by atoms with E-state index in [1.54, 1.807) is 12.1 Å². The van der Waals surface area contributed by atoms with Gasteiger partial charge in [-0.2, -0.15) is 0 Å². The molecule has 6 nitrogen and oxygen atoms in total. The van der Waals surface area contributed by atoms with Gasteiger partial charge in [-0.3, -0.25) is 4.40 Å². The number of anilines is 1. The lowest BCUT2D eigenvalue weighted by Crippen LogP contribution is -1.80. The first-order valence-electron chi connectivity index (χ1n) is 5.41. The van der Waals surface area contributed by atoms with E-state index in [4.69, 9.17) is 5.73 Å². The van der Waals surface area contributed by atoms with Crippen LogP contribution < -0.4 is 5.73 Å². The van der Waals surface area contributed by atoms with Gasteiger partial charge in [-0.15, -0.1) is 10.2 Å². The number of hydrogen-bond donors (Lipinski definition) is 2. The first-order valence-corrected chi connectivity index (χ1v) is 7.04. The zero-order chi connectivity index (χ0) is 13.0. The Kier molecular flexibility index (Phi) is 2.06. The largest absolute Gasteiger partial charge is 0.508 e. The van der Waals surface area contributed by atoms with E-state index in [1.807, 2.05) is 16.7 Å². The molecule has 0 amide bonds. The summed E-state index contributed by atoms with van der Waals surface area (Å²) in [5.41, 5.74) is 7.35. The lowest BCUT2D eigenvalue weighted by molar-refractivity contribution is 0.476. The van der Waals surface area contributed by atoms with Crippen LogP contribution in [0.15, 0.2) is 24.4 Å². The van der Waals surface area contributed by atoms with Gasteiger partial charge >= 0.3 is 0 Å². The minimum atomic E-state index is 0.258. The smallest absolute Gasteiger partial charge is 0.203 e. The number of thiazole rings is 1. The van der Waals surface area contributed by atoms with Crippen LogP contribution in [0.25, 0.3) is 25.9 Å². The van der Waals surface area contributed by atoms with Crippen molar-refractivity contribution in [2.24, 2.45) is 0 Å². The predicted octanol–water partition coefficient (Wildman–Crippen LogP) is 2.36. The molecule has 0 saturated carbocycles. The van der Waals surface area contributed by atoms with Crippen molar-refractivity contribution in [2.75, 3.05) is 5.73 Å². The summed E-state index contributed by atoms with van der Waals surface area (Å²) in [6.45, 7) is 0. The highest BCUT2D eigenvalue weighted by Crippen LogP contribution is 2.32. The fourth-order valence-corrected chi connectivity index (χ4v) is 3.54. The van der Waals surface area contributed by atoms with E-state index < -0.39 is 0 Å². The molecule has 0 aliphatic heterocycles. The maximum Gasteiger partial charge on any atom is 0.203 e. The molecule has 0 fully saturated rings. The van der Waals surface area contributed by atoms with Crippen LogP contribution in [0.4, 0.5) is 5.13 Å². The zero-order valence-corrected chi connectivity index (χ0v) is 11.1. The highest BCUT2D eigenvalue weighted by atomic mass is 32.1. The molecule has 0 radical (unpaired) electrons. The van der Waals surface area contributed by atoms with Gasteiger partial charge < -0.3 is 10.8 Å². The van der Waals surface area contributed by atoms with Crippen LogP contribution in [-0.4, -0.2) is 24.7 Å². The molecule has 4 aromatic rings. The van der Waals surface area contributed by atoms with Crippen LogP contribution >= 0.6 is 22.7 Å². The van der Waals surface area contributed by atoms with Gasteiger partial charge in [-0.1, -0.05) is 22.7 Å². The maximum absolute atomic E-state index is 9.47. The van der Waals surface area contributed by atoms with Crippen molar-refractivity contribution in [1.82, 2.24) is 19.6 Å². The molecule has 4 rings (SSSR count). The van der Waals surface area contributed by atoms with E-state index in [-0.39, 0.29) is 5.75 Å². The second kappa shape index (κ2) is 3.65. The standard InChI is InChI=1S/C11H7N5OS2/c12-10-15-14-9(19-10)6-4-16-7-2-1-5(17)3-8(7)18-11(16)13-6/h1-4,17H,(H2,12,15). The van der Waals surface area contributed by atoms with Crippen LogP contribution in [0.5, 0.6) is 5.75 Å². The molecule has 0 aliphatic carbocycles. The average molecular weight is 289 g/mol. The molecule has 0 spiro atoms. The number of phenolic OH excluding ortho intramolecular Hbond substituents is 1. The van der Waals surface area contributed by atoms with E-state index in [2.05, 4.69) is 15.2 Å². The summed E-state index contributed by atoms with van der Waals surface area (Å²) in [7, 11) is 0. The number of rotatable bonds is 1. The molecule has 19 heavy (non-hydrogen) atoms. The molecule has 3 N–H and O–H groups in total. The van der Waals surface area contributed by atoms with E-state index in [0.29, 0.717) is 10.1 Å². The van der Waals surface area contributed by atoms with Crippen LogP contribution in [-0.2, 0) is 0 Å². The number of aromatic hydroxyl groups is 1. The Bertz CT molecular complexity index is 906. The fraction of sp³-hybridized carbons (Fsp3) is 0. The molecule has 3 aromatic heterocycles. The summed E-state index contributed by atoms with van der Waals surface area (Å²) in [6, 6.07) is 5.27. The van der Waals surface area contributed by atoms with Gasteiger partial charge in [0.1, 0.15) is 11.4 Å². The summed E-state index contributed by atoms with van der Waals surface area (Å²) in [6.07, 6.45) is 1.91. The fourth-order valence-electron chi connectivity index (χ4n) is 1.93. The summed E-state index contributed by atoms with van der Waals surface area (Å²) in [4.78, 5) is 5.37. The number of phenols is 1. The van der Waals surface area contributed by atoms with Gasteiger partial charge in [0.05, 0.1) is 10.2 Å². The van der Waals surface area contributed by atoms with Crippen molar-refractivity contribution < 1.29 is 5.11 Å². The van der Waals surface area contributed by atoms with Crippen molar-refractivity contribution in [1.29, 1.82) is 0 Å². The van der Waals surface area contributed by atoms with Gasteiger partial charge in [0.2, 0.25) is 5.13 Å². The van der Waals surface area contributed by atoms with Crippen LogP contribution in [0, 0.1) is 0 Å². The molecule has 1 aromatic carbocycles. The third kappa shape index (κ3) is 1.57. The van der Waals surface area contributed by atoms with Crippen molar-refractivity contribution in [3.05, 3.63) is 24.4 Å². The first kappa shape index (κ1) is 10.7. The first-order chi connectivity index (χ1) is 9.20. The summed E-state index contributed by atoms with van der Waals surface area (Å²) in [5, 5.41) is 18.4. The molecule has 94 valence electrons. The molecular weight excluding hydrogens is 282 g/mol. The van der Waals surface area contributed by atoms with Crippen LogP contribution in [0.1, 0.15) is 0 Å². The number of nitrogens with zero attached hydrogens (tertiary/aromatic N) is 4. The molecule has 0 saturated heterocycles. The van der Waals surface area contributed by atoms with Crippen LogP contribution in [0.3, 0.4) is 0 Å². The van der Waals surface area contributed by atoms with Crippen molar-refractivity contribution in [2.45, 2.75) is 0 Å². The Morgan fingerprint density at radius 1 is 1.21 bits per heavy atom. The predicted molar refractivity (Wildman–Crippen MR) is 75.6 cm³/mol. The quantitative estimate of drug-likeness (QED) is 0.561. The molecule has 0 atom stereocenters. The third-order valence-corrected chi connectivity index (χ3v) is 4.53. The Balaban J connectivity index is 1.97. The van der Waals surface area contributed by atoms with Crippen molar-refractivity contribution in [3.63, 3.8) is 0 Å². The van der Waals surface area contributed by atoms with E-state index in [9.17, 15) is 5.11 Å². The topological polar surface area (TPSA) is 89.3 Å². The average Bonchev–Trinajstić information content (AvgIpc) is 3.01. The van der Waals surface area contributed by atoms with Gasteiger partial charge in [-0.05, 0) is 18.2 Å². The Labute approximate surface area is 114 Å². The SMILES string of the molecule is Nc1nnc(-c2cn3c(n2)sc2cc(O)ccc23)s1. The molecule has 8 heteroatoms. The number of nitrogen functional groups attached to an aromatic ring is 1. The van der Waals surface area contributed by atoms with Gasteiger partial charge in [0, 0.05) is 6.20 Å². The third-order valence-electron chi connectivity index (χ3n) is 2.74. The summed E-state index contributed by atoms with van der Waals surface area (Å²) < 4.78 is 2.97. The monoisotopic (exact) mass is 289 g/mol. The number of aromatic nitrogens is 4. The summed E-state index contributed by atoms with van der Waals surface area (Å²) in [5.74, 6) is 0.258. The lowest BCUT2D eigenvalue weighted by atomic mass is 10.3. The molecule has 3 heterocycles. The minimum absolute atomic E-state index is 0.258. The normalized spacial score (nSPS) is 11.6. The Morgan fingerprint density at radius 3 is 2.89 bits per heavy atom. The Morgan fingerprint density at radius 2 is 2.11 bits per heavy atom. The van der Waals surface area contributed by atoms with E-state index in [0.717, 1.165) is 20.9 Å². The van der Waals surface area contributed by atoms with Gasteiger partial charge in [0.15, 0.2) is 9.97 Å². The zero-order valence-electron chi connectivity index (χ0n) is 9.44. The molecule has 0 aliphatic rings. The number of benzene rings is 1. The minimum Gasteiger partial charge on any atom is -0.508 e. The summed E-state index contributed by atoms with van der Waals surface area (Å²) >= 11 is 2.83. The Hall–Kier alpha value is -2.19. The molecule has 0 bridgehead atoms. The number of nitrogens with two attached hydrogens (primary N) is 1. The lowest BCUT2D eigenvalue weighted by Gasteiger charge is -1.92.